The van der Waals surface area contributed by atoms with Crippen LogP contribution >= 0.6 is 19.4 Å². The van der Waals surface area contributed by atoms with Crippen molar-refractivity contribution in [1.29, 1.82) is 0 Å². The van der Waals surface area contributed by atoms with Gasteiger partial charge in [-0.25, -0.2) is 18.1 Å². The van der Waals surface area contributed by atoms with Crippen LogP contribution in [-0.2, 0) is 25.0 Å². The van der Waals surface area contributed by atoms with Gasteiger partial charge < -0.3 is 14.4 Å². The van der Waals surface area contributed by atoms with E-state index in [4.69, 9.17) is 32.7 Å². The first kappa shape index (κ1) is 18.7. The third-order valence-electron chi connectivity index (χ3n) is 4.23. The lowest BCUT2D eigenvalue weighted by molar-refractivity contribution is -0.179. The van der Waals surface area contributed by atoms with Gasteiger partial charge in [-0.15, -0.1) is 0 Å². The van der Waals surface area contributed by atoms with Crippen molar-refractivity contribution in [3.8, 4) is 5.75 Å². The van der Waals surface area contributed by atoms with Gasteiger partial charge in [0.2, 0.25) is 5.85 Å². The summed E-state index contributed by atoms with van der Waals surface area (Å²) in [4.78, 5) is 25.2. The highest BCUT2D eigenvalue weighted by Gasteiger charge is 2.50. The van der Waals surface area contributed by atoms with Crippen LogP contribution in [0.3, 0.4) is 0 Å². The fraction of sp³-hybridized carbons (Fsp3) is 0.375. The molecule has 2 N–H and O–H groups in total. The molecule has 0 amide bonds. The summed E-state index contributed by atoms with van der Waals surface area (Å²) < 4.78 is 77.5. The molecule has 1 fully saturated rings. The molecule has 162 valence electrons. The summed E-state index contributed by atoms with van der Waals surface area (Å²) >= 11 is 5.64. The second kappa shape index (κ2) is 7.56. The van der Waals surface area contributed by atoms with E-state index in [2.05, 4.69) is 0 Å². The molecule has 30 heavy (non-hydrogen) atoms. The number of H-pyrrole nitrogens is 1. The number of rotatable bonds is 4. The maximum atomic E-state index is 15.5. The molecule has 4 rings (SSSR count). The smallest absolute Gasteiger partial charge is 0.404 e. The molecule has 10 nitrogen and oxygen atoms in total. The van der Waals surface area contributed by atoms with Crippen LogP contribution < -0.4 is 15.8 Å². The number of hydrogen-bond donors (Lipinski definition) is 2. The number of benzene rings is 1. The van der Waals surface area contributed by atoms with Gasteiger partial charge in [0.1, 0.15) is 29.3 Å². The van der Waals surface area contributed by atoms with Gasteiger partial charge in [0.25, 0.3) is 5.56 Å². The number of nitrogens with zero attached hydrogens (tertiary/aromatic N) is 1. The van der Waals surface area contributed by atoms with E-state index in [0.29, 0.717) is 4.57 Å². The molecule has 1 unspecified atom stereocenters. The summed E-state index contributed by atoms with van der Waals surface area (Å²) in [6.45, 7) is -4.00. The molecule has 2 aliphatic heterocycles. The largest absolute Gasteiger partial charge is 0.530 e. The van der Waals surface area contributed by atoms with Crippen molar-refractivity contribution in [2.24, 2.45) is 0 Å². The molecule has 2 aliphatic rings. The number of aromatic amines is 1. The van der Waals surface area contributed by atoms with Gasteiger partial charge in [-0.3, -0.25) is 23.4 Å². The maximum absolute atomic E-state index is 15.5. The Labute approximate surface area is 174 Å². The van der Waals surface area contributed by atoms with E-state index in [1.54, 1.807) is 0 Å². The normalized spacial score (nSPS) is 32.1. The molecule has 1 aromatic carbocycles. The van der Waals surface area contributed by atoms with Crippen LogP contribution in [0, 0.1) is 5.82 Å². The molecule has 1 saturated heterocycles. The number of hydrogen-bond acceptors (Lipinski definition) is 8. The molecule has 0 aliphatic carbocycles. The van der Waals surface area contributed by atoms with Crippen LogP contribution in [0.15, 0.2) is 34.0 Å². The van der Waals surface area contributed by atoms with E-state index in [-0.39, 0.29) is 11.3 Å². The predicted octanol–water partition coefficient (Wildman–Crippen LogP) is 2.01. The minimum Gasteiger partial charge on any atom is -0.404 e. The Hall–Kier alpha value is -2.08. The molecular weight excluding hydrogens is 453 g/mol. The SMILES string of the molecule is [2H]C([2H])(OP1(=O)OCc2cc(F)ccc2O1)[C@]1(F)C[C@@H](O)[C@H](n2cc(Cl)c(=O)[nH]c2=O)O1. The highest BCUT2D eigenvalue weighted by molar-refractivity contribution is 7.49. The molecule has 0 bridgehead atoms. The molecule has 0 radical (unpaired) electrons. The van der Waals surface area contributed by atoms with E-state index in [1.807, 2.05) is 4.98 Å². The highest BCUT2D eigenvalue weighted by atomic mass is 35.5. The van der Waals surface area contributed by atoms with Crippen LogP contribution in [0.25, 0.3) is 0 Å². The fourth-order valence-electron chi connectivity index (χ4n) is 2.86. The predicted molar refractivity (Wildman–Crippen MR) is 96.3 cm³/mol. The first-order valence-corrected chi connectivity index (χ1v) is 10.2. The zero-order valence-corrected chi connectivity index (χ0v) is 16.4. The first-order valence-electron chi connectivity index (χ1n) is 9.32. The number of ether oxygens (including phenoxy) is 1. The number of phosphoric acid groups is 1. The van der Waals surface area contributed by atoms with E-state index in [0.717, 1.165) is 24.4 Å². The molecule has 3 heterocycles. The van der Waals surface area contributed by atoms with Gasteiger partial charge >= 0.3 is 13.5 Å². The van der Waals surface area contributed by atoms with Crippen molar-refractivity contribution >= 4 is 19.4 Å². The quantitative estimate of drug-likeness (QED) is 0.652. The average Bonchev–Trinajstić information content (AvgIpc) is 3.00. The number of alkyl halides is 1. The van der Waals surface area contributed by atoms with E-state index >= 15 is 4.39 Å². The Morgan fingerprint density at radius 2 is 2.27 bits per heavy atom. The van der Waals surface area contributed by atoms with Gasteiger partial charge in [0.15, 0.2) is 6.23 Å². The first-order chi connectivity index (χ1) is 14.8. The zero-order chi connectivity index (χ0) is 23.5. The second-order valence-electron chi connectivity index (χ2n) is 6.41. The van der Waals surface area contributed by atoms with E-state index in [9.17, 15) is 23.7 Å². The fourth-order valence-corrected chi connectivity index (χ4v) is 4.12. The van der Waals surface area contributed by atoms with Crippen molar-refractivity contribution in [2.75, 3.05) is 6.56 Å². The van der Waals surface area contributed by atoms with Gasteiger partial charge in [0, 0.05) is 18.2 Å². The third-order valence-corrected chi connectivity index (χ3v) is 5.68. The van der Waals surface area contributed by atoms with E-state index < -0.39 is 67.7 Å². The number of aliphatic hydroxyl groups is 1. The van der Waals surface area contributed by atoms with Crippen molar-refractivity contribution < 1.29 is 39.5 Å². The van der Waals surface area contributed by atoms with Crippen molar-refractivity contribution in [3.63, 3.8) is 0 Å². The summed E-state index contributed by atoms with van der Waals surface area (Å²) in [5.74, 6) is -4.18. The van der Waals surface area contributed by atoms with E-state index in [1.165, 1.54) is 0 Å². The Kier molecular flexibility index (Phi) is 4.70. The van der Waals surface area contributed by atoms with Crippen molar-refractivity contribution in [3.05, 3.63) is 61.6 Å². The van der Waals surface area contributed by atoms with Crippen LogP contribution in [-0.4, -0.2) is 33.2 Å². The zero-order valence-electron chi connectivity index (χ0n) is 16.7. The number of halogens is 3. The van der Waals surface area contributed by atoms with Crippen LogP contribution in [0.2, 0.25) is 5.02 Å². The monoisotopic (exact) mass is 468 g/mol. The average molecular weight is 469 g/mol. The van der Waals surface area contributed by atoms with Gasteiger partial charge in [-0.05, 0) is 18.2 Å². The highest BCUT2D eigenvalue weighted by Crippen LogP contribution is 2.55. The van der Waals surface area contributed by atoms with Crippen LogP contribution in [0.4, 0.5) is 8.78 Å². The topological polar surface area (TPSA) is 129 Å². The summed E-state index contributed by atoms with van der Waals surface area (Å²) in [6, 6.07) is 3.15. The Balaban J connectivity index is 1.58. The third kappa shape index (κ3) is 4.07. The number of nitrogens with one attached hydrogen (secondary N) is 1. The van der Waals surface area contributed by atoms with Gasteiger partial charge in [0.05, 0.1) is 9.35 Å². The van der Waals surface area contributed by atoms with Gasteiger partial charge in [-0.2, -0.15) is 0 Å². The lowest BCUT2D eigenvalue weighted by Gasteiger charge is -2.27. The lowest BCUT2D eigenvalue weighted by Crippen LogP contribution is -2.36. The number of aliphatic hydroxyl groups excluding tert-OH is 1. The van der Waals surface area contributed by atoms with Crippen LogP contribution in [0.1, 0.15) is 21.0 Å². The summed E-state index contributed by atoms with van der Waals surface area (Å²) in [7, 11) is -4.75. The Morgan fingerprint density at radius 3 is 3.03 bits per heavy atom. The minimum absolute atomic E-state index is 0.121. The van der Waals surface area contributed by atoms with Crippen LogP contribution in [0.5, 0.6) is 5.75 Å². The molecule has 1 aromatic heterocycles. The molecule has 4 atom stereocenters. The lowest BCUT2D eigenvalue weighted by atomic mass is 10.2. The summed E-state index contributed by atoms with van der Waals surface area (Å²) in [5, 5.41) is 9.73. The Morgan fingerprint density at radius 1 is 1.50 bits per heavy atom. The maximum Gasteiger partial charge on any atom is 0.530 e. The minimum atomic E-state index is -4.75. The Bertz CT molecular complexity index is 1240. The molecule has 2 aromatic rings. The molecule has 14 heteroatoms. The van der Waals surface area contributed by atoms with Gasteiger partial charge in [-0.1, -0.05) is 11.6 Å². The number of phosphoric ester groups is 1. The summed E-state index contributed by atoms with van der Waals surface area (Å²) in [5.41, 5.74) is -1.88. The molecular formula is C16H14ClF2N2O8P. The molecule has 0 spiro atoms. The van der Waals surface area contributed by atoms with Crippen molar-refractivity contribution in [2.45, 2.75) is 31.2 Å². The number of aromatic nitrogens is 2. The number of fused-ring (bicyclic) bond motifs is 1. The molecule has 0 saturated carbocycles. The van der Waals surface area contributed by atoms with Crippen molar-refractivity contribution in [1.82, 2.24) is 9.55 Å². The standard InChI is InChI=1S/C16H14ClF2N2O8P/c17-10-5-21(15(24)20-13(10)23)14-11(22)4-16(19,28-14)7-27-30(25)26-6-8-3-9(18)1-2-12(8)29-30/h1-3,5,11,14,22H,4,6-7H2,(H,20,23,24)/t11-,14-,16+,30?/m1/s1/i7D2. The summed E-state index contributed by atoms with van der Waals surface area (Å²) in [6.07, 6.45) is -3.88. The second-order valence-corrected chi connectivity index (χ2v) is 8.33.